The van der Waals surface area contributed by atoms with Crippen molar-refractivity contribution >= 4 is 5.91 Å². The van der Waals surface area contributed by atoms with E-state index in [1.54, 1.807) is 0 Å². The van der Waals surface area contributed by atoms with Crippen molar-refractivity contribution in [3.63, 3.8) is 0 Å². The number of hydrogen-bond acceptors (Lipinski definition) is 1. The van der Waals surface area contributed by atoms with E-state index < -0.39 is 0 Å². The molecule has 1 atom stereocenters. The molecule has 13 heavy (non-hydrogen) atoms. The molecule has 0 aromatic carbocycles. The third-order valence-electron chi connectivity index (χ3n) is 2.97. The lowest BCUT2D eigenvalue weighted by molar-refractivity contribution is -0.133. The van der Waals surface area contributed by atoms with Crippen molar-refractivity contribution in [3.05, 3.63) is 0 Å². The lowest BCUT2D eigenvalue weighted by Crippen LogP contribution is -2.32. The Morgan fingerprint density at radius 3 is 2.31 bits per heavy atom. The highest BCUT2D eigenvalue weighted by Crippen LogP contribution is 2.24. The highest BCUT2D eigenvalue weighted by atomic mass is 16.2. The Labute approximate surface area is 81.3 Å². The SMILES string of the molecule is CC(C)C(=O)N1CC[C@@H](C(C)C)C1. The Kier molecular flexibility index (Phi) is 3.34. The molecule has 0 radical (unpaired) electrons. The maximum absolute atomic E-state index is 11.6. The molecule has 0 N–H and O–H groups in total. The van der Waals surface area contributed by atoms with Crippen LogP contribution in [0.4, 0.5) is 0 Å². The molecule has 2 nitrogen and oxygen atoms in total. The van der Waals surface area contributed by atoms with Gasteiger partial charge in [-0.1, -0.05) is 27.7 Å². The van der Waals surface area contributed by atoms with Crippen LogP contribution < -0.4 is 0 Å². The van der Waals surface area contributed by atoms with Crippen molar-refractivity contribution < 1.29 is 4.79 Å². The quantitative estimate of drug-likeness (QED) is 0.642. The molecule has 76 valence electrons. The van der Waals surface area contributed by atoms with E-state index in [9.17, 15) is 4.79 Å². The van der Waals surface area contributed by atoms with E-state index in [2.05, 4.69) is 13.8 Å². The summed E-state index contributed by atoms with van der Waals surface area (Å²) in [6.07, 6.45) is 1.19. The Bertz CT molecular complexity index is 187. The molecule has 1 heterocycles. The molecule has 1 saturated heterocycles. The summed E-state index contributed by atoms with van der Waals surface area (Å²) in [5.74, 6) is 1.92. The fourth-order valence-corrected chi connectivity index (χ4v) is 1.90. The number of nitrogens with zero attached hydrogens (tertiary/aromatic N) is 1. The standard InChI is InChI=1S/C11H21NO/c1-8(2)10-5-6-12(7-10)11(13)9(3)4/h8-10H,5-7H2,1-4H3/t10-/m1/s1. The molecule has 1 aliphatic heterocycles. The molecule has 1 fully saturated rings. The number of carbonyl (C=O) groups excluding carboxylic acids is 1. The van der Waals surface area contributed by atoms with Gasteiger partial charge in [-0.05, 0) is 18.3 Å². The van der Waals surface area contributed by atoms with Crippen molar-refractivity contribution in [1.29, 1.82) is 0 Å². The van der Waals surface area contributed by atoms with Crippen LogP contribution in [0.15, 0.2) is 0 Å². The molecule has 0 bridgehead atoms. The molecule has 0 aliphatic carbocycles. The van der Waals surface area contributed by atoms with Gasteiger partial charge in [-0.25, -0.2) is 0 Å². The lowest BCUT2D eigenvalue weighted by Gasteiger charge is -2.19. The van der Waals surface area contributed by atoms with E-state index in [4.69, 9.17) is 0 Å². The molecule has 0 aromatic rings. The summed E-state index contributed by atoms with van der Waals surface area (Å²) in [5, 5.41) is 0. The molecule has 0 spiro atoms. The monoisotopic (exact) mass is 183 g/mol. The highest BCUT2D eigenvalue weighted by molar-refractivity contribution is 5.78. The Morgan fingerprint density at radius 2 is 1.92 bits per heavy atom. The number of likely N-dealkylation sites (tertiary alicyclic amines) is 1. The van der Waals surface area contributed by atoms with Gasteiger partial charge in [-0.15, -0.1) is 0 Å². The van der Waals surface area contributed by atoms with Gasteiger partial charge >= 0.3 is 0 Å². The Balaban J connectivity index is 2.45. The minimum absolute atomic E-state index is 0.158. The summed E-state index contributed by atoms with van der Waals surface area (Å²) >= 11 is 0. The smallest absolute Gasteiger partial charge is 0.225 e. The summed E-state index contributed by atoms with van der Waals surface area (Å²) in [6.45, 7) is 10.4. The topological polar surface area (TPSA) is 20.3 Å². The van der Waals surface area contributed by atoms with E-state index in [1.165, 1.54) is 6.42 Å². The second-order valence-electron chi connectivity index (χ2n) is 4.73. The summed E-state index contributed by atoms with van der Waals surface area (Å²) in [6, 6.07) is 0. The molecule has 0 saturated carbocycles. The van der Waals surface area contributed by atoms with E-state index in [0.29, 0.717) is 11.8 Å². The minimum atomic E-state index is 0.158. The number of carbonyl (C=O) groups is 1. The predicted molar refractivity (Wildman–Crippen MR) is 54.4 cm³/mol. The molecule has 1 aliphatic rings. The fraction of sp³-hybridized carbons (Fsp3) is 0.909. The van der Waals surface area contributed by atoms with Crippen LogP contribution in [-0.4, -0.2) is 23.9 Å². The van der Waals surface area contributed by atoms with E-state index in [1.807, 2.05) is 18.7 Å². The zero-order chi connectivity index (χ0) is 10.0. The number of amides is 1. The predicted octanol–water partition coefficient (Wildman–Crippen LogP) is 2.15. The van der Waals surface area contributed by atoms with Crippen molar-refractivity contribution in [2.45, 2.75) is 34.1 Å². The van der Waals surface area contributed by atoms with Crippen LogP contribution in [-0.2, 0) is 4.79 Å². The third-order valence-corrected chi connectivity index (χ3v) is 2.97. The zero-order valence-corrected chi connectivity index (χ0v) is 9.21. The molecule has 1 rings (SSSR count). The summed E-state index contributed by atoms with van der Waals surface area (Å²) < 4.78 is 0. The average molecular weight is 183 g/mol. The van der Waals surface area contributed by atoms with E-state index in [0.717, 1.165) is 19.0 Å². The molecular formula is C11H21NO. The van der Waals surface area contributed by atoms with Crippen LogP contribution >= 0.6 is 0 Å². The van der Waals surface area contributed by atoms with Crippen molar-refractivity contribution in [1.82, 2.24) is 4.90 Å². The van der Waals surface area contributed by atoms with Gasteiger partial charge < -0.3 is 4.90 Å². The second-order valence-corrected chi connectivity index (χ2v) is 4.73. The Morgan fingerprint density at radius 1 is 1.31 bits per heavy atom. The van der Waals surface area contributed by atoms with E-state index in [-0.39, 0.29) is 5.92 Å². The molecule has 1 amide bonds. The largest absolute Gasteiger partial charge is 0.342 e. The van der Waals surface area contributed by atoms with E-state index >= 15 is 0 Å². The summed E-state index contributed by atoms with van der Waals surface area (Å²) in [7, 11) is 0. The van der Waals surface area contributed by atoms with Crippen molar-refractivity contribution in [3.8, 4) is 0 Å². The maximum atomic E-state index is 11.6. The van der Waals surface area contributed by atoms with Crippen LogP contribution in [0.2, 0.25) is 0 Å². The van der Waals surface area contributed by atoms with Gasteiger partial charge in [0.15, 0.2) is 0 Å². The van der Waals surface area contributed by atoms with Crippen molar-refractivity contribution in [2.75, 3.05) is 13.1 Å². The Hall–Kier alpha value is -0.530. The summed E-state index contributed by atoms with van der Waals surface area (Å²) in [5.41, 5.74) is 0. The van der Waals surface area contributed by atoms with Gasteiger partial charge in [0.05, 0.1) is 0 Å². The molecular weight excluding hydrogens is 162 g/mol. The maximum Gasteiger partial charge on any atom is 0.225 e. The third kappa shape index (κ3) is 2.45. The van der Waals surface area contributed by atoms with Crippen LogP contribution in [0, 0.1) is 17.8 Å². The van der Waals surface area contributed by atoms with Crippen LogP contribution in [0.5, 0.6) is 0 Å². The van der Waals surface area contributed by atoms with Crippen molar-refractivity contribution in [2.24, 2.45) is 17.8 Å². The molecule has 0 aromatic heterocycles. The first-order valence-electron chi connectivity index (χ1n) is 5.31. The summed E-state index contributed by atoms with van der Waals surface area (Å²) in [4.78, 5) is 13.7. The van der Waals surface area contributed by atoms with Gasteiger partial charge in [-0.2, -0.15) is 0 Å². The van der Waals surface area contributed by atoms with Gasteiger partial charge in [0.1, 0.15) is 0 Å². The first-order valence-corrected chi connectivity index (χ1v) is 5.31. The molecule has 0 unspecified atom stereocenters. The van der Waals surface area contributed by atoms with Crippen LogP contribution in [0.25, 0.3) is 0 Å². The molecule has 2 heteroatoms. The second kappa shape index (κ2) is 4.12. The minimum Gasteiger partial charge on any atom is -0.342 e. The van der Waals surface area contributed by atoms with Crippen LogP contribution in [0.3, 0.4) is 0 Å². The van der Waals surface area contributed by atoms with Gasteiger partial charge in [0.25, 0.3) is 0 Å². The number of hydrogen-bond donors (Lipinski definition) is 0. The average Bonchev–Trinajstić information content (AvgIpc) is 2.50. The first kappa shape index (κ1) is 10.6. The highest BCUT2D eigenvalue weighted by Gasteiger charge is 2.28. The number of rotatable bonds is 2. The van der Waals surface area contributed by atoms with Gasteiger partial charge in [-0.3, -0.25) is 4.79 Å². The first-order chi connectivity index (χ1) is 6.02. The normalized spacial score (nSPS) is 23.2. The van der Waals surface area contributed by atoms with Crippen LogP contribution in [0.1, 0.15) is 34.1 Å². The fourth-order valence-electron chi connectivity index (χ4n) is 1.90. The lowest BCUT2D eigenvalue weighted by atomic mass is 9.95. The van der Waals surface area contributed by atoms with Gasteiger partial charge in [0.2, 0.25) is 5.91 Å². The van der Waals surface area contributed by atoms with Gasteiger partial charge in [0, 0.05) is 19.0 Å². The zero-order valence-electron chi connectivity index (χ0n) is 9.21.